The minimum Gasteiger partial charge on any atom is -0.378 e. The molecule has 2 N–H and O–H groups in total. The Morgan fingerprint density at radius 2 is 1.73 bits per heavy atom. The van der Waals surface area contributed by atoms with Gasteiger partial charge in [-0.05, 0) is 44.1 Å². The van der Waals surface area contributed by atoms with Crippen LogP contribution in [0.25, 0.3) is 0 Å². The molecule has 1 saturated heterocycles. The minimum absolute atomic E-state index is 0.516. The van der Waals surface area contributed by atoms with Crippen LogP contribution in [0.3, 0.4) is 0 Å². The number of benzene rings is 1. The van der Waals surface area contributed by atoms with Crippen molar-refractivity contribution < 1.29 is 4.74 Å². The van der Waals surface area contributed by atoms with Gasteiger partial charge in [-0.15, -0.1) is 0 Å². The number of guanidine groups is 1. The number of nitrogens with zero attached hydrogens (tertiary/aromatic N) is 2. The van der Waals surface area contributed by atoms with Crippen LogP contribution in [0.4, 0.5) is 0 Å². The molecule has 0 bridgehead atoms. The van der Waals surface area contributed by atoms with Gasteiger partial charge in [0.15, 0.2) is 5.96 Å². The molecule has 1 aliphatic carbocycles. The molecule has 0 spiro atoms. The Kier molecular flexibility index (Phi) is 10.5. The van der Waals surface area contributed by atoms with Gasteiger partial charge < -0.3 is 15.4 Å². The highest BCUT2D eigenvalue weighted by atomic mass is 16.5. The summed E-state index contributed by atoms with van der Waals surface area (Å²) >= 11 is 0. The Balaban J connectivity index is 1.23. The smallest absolute Gasteiger partial charge is 0.191 e. The number of hydrogen-bond donors (Lipinski definition) is 2. The van der Waals surface area contributed by atoms with E-state index < -0.39 is 0 Å². The van der Waals surface area contributed by atoms with Crippen LogP contribution in [0.1, 0.15) is 69.8 Å². The highest BCUT2D eigenvalue weighted by Crippen LogP contribution is 2.20. The normalized spacial score (nSPS) is 20.1. The monoisotopic (exact) mass is 414 g/mol. The molecule has 1 heterocycles. The zero-order chi connectivity index (χ0) is 20.9. The molecule has 5 nitrogen and oxygen atoms in total. The van der Waals surface area contributed by atoms with Crippen LogP contribution in [0, 0.1) is 0 Å². The van der Waals surface area contributed by atoms with Crippen LogP contribution in [0.2, 0.25) is 0 Å². The maximum atomic E-state index is 6.09. The van der Waals surface area contributed by atoms with Crippen molar-refractivity contribution in [1.82, 2.24) is 15.5 Å². The molecule has 0 unspecified atom stereocenters. The van der Waals surface area contributed by atoms with E-state index in [0.29, 0.717) is 12.1 Å². The number of ether oxygens (including phenoxy) is 1. The first-order chi connectivity index (χ1) is 14.8. The van der Waals surface area contributed by atoms with Crippen LogP contribution in [-0.2, 0) is 11.3 Å². The van der Waals surface area contributed by atoms with E-state index in [-0.39, 0.29) is 0 Å². The topological polar surface area (TPSA) is 48.9 Å². The van der Waals surface area contributed by atoms with E-state index in [1.54, 1.807) is 0 Å². The number of unbranched alkanes of at least 4 members (excludes halogenated alkanes) is 1. The molecule has 1 saturated carbocycles. The third-order valence-corrected chi connectivity index (χ3v) is 6.42. The van der Waals surface area contributed by atoms with Gasteiger partial charge in [-0.2, -0.15) is 0 Å². The summed E-state index contributed by atoms with van der Waals surface area (Å²) in [4.78, 5) is 6.97. The summed E-state index contributed by atoms with van der Waals surface area (Å²) in [6.45, 7) is 5.20. The minimum atomic E-state index is 0.516. The second-order valence-corrected chi connectivity index (χ2v) is 8.87. The molecule has 1 aromatic rings. The molecule has 0 atom stereocenters. The summed E-state index contributed by atoms with van der Waals surface area (Å²) in [6, 6.07) is 11.3. The van der Waals surface area contributed by atoms with Crippen molar-refractivity contribution in [3.8, 4) is 0 Å². The quantitative estimate of drug-likeness (QED) is 0.273. The van der Waals surface area contributed by atoms with Crippen LogP contribution in [0.15, 0.2) is 35.3 Å². The SMILES string of the molecule is CN=C(NCCCCOC1CCCCCC1)NC1CCN(Cc2ccccc2)CC1. The average molecular weight is 415 g/mol. The third-order valence-electron chi connectivity index (χ3n) is 6.42. The predicted molar refractivity (Wildman–Crippen MR) is 126 cm³/mol. The Morgan fingerprint density at radius 3 is 2.43 bits per heavy atom. The van der Waals surface area contributed by atoms with Crippen LogP contribution in [-0.4, -0.2) is 56.3 Å². The van der Waals surface area contributed by atoms with E-state index in [0.717, 1.165) is 51.6 Å². The second kappa shape index (κ2) is 13.7. The lowest BCUT2D eigenvalue weighted by molar-refractivity contribution is 0.0411. The number of likely N-dealkylation sites (tertiary alicyclic amines) is 1. The summed E-state index contributed by atoms with van der Waals surface area (Å²) in [5, 5.41) is 7.11. The van der Waals surface area contributed by atoms with Gasteiger partial charge >= 0.3 is 0 Å². The van der Waals surface area contributed by atoms with Gasteiger partial charge in [-0.1, -0.05) is 56.0 Å². The van der Waals surface area contributed by atoms with Crippen LogP contribution in [0.5, 0.6) is 0 Å². The van der Waals surface area contributed by atoms with E-state index in [1.807, 2.05) is 7.05 Å². The molecule has 30 heavy (non-hydrogen) atoms. The van der Waals surface area contributed by atoms with Crippen LogP contribution >= 0.6 is 0 Å². The summed E-state index contributed by atoms with van der Waals surface area (Å²) in [5.41, 5.74) is 1.41. The number of rotatable bonds is 9. The molecule has 168 valence electrons. The first-order valence-corrected chi connectivity index (χ1v) is 12.2. The van der Waals surface area contributed by atoms with Gasteiger partial charge in [0.25, 0.3) is 0 Å². The first-order valence-electron chi connectivity index (χ1n) is 12.2. The Bertz CT molecular complexity index is 590. The molecule has 0 aromatic heterocycles. The van der Waals surface area contributed by atoms with E-state index in [2.05, 4.69) is 50.9 Å². The highest BCUT2D eigenvalue weighted by molar-refractivity contribution is 5.79. The lowest BCUT2D eigenvalue weighted by Gasteiger charge is -2.33. The largest absolute Gasteiger partial charge is 0.378 e. The molecule has 1 aliphatic heterocycles. The van der Waals surface area contributed by atoms with Gasteiger partial charge in [0.2, 0.25) is 0 Å². The maximum Gasteiger partial charge on any atom is 0.191 e. The van der Waals surface area contributed by atoms with Crippen molar-refractivity contribution in [2.75, 3.05) is 33.3 Å². The average Bonchev–Trinajstić information content (AvgIpc) is 3.06. The molecule has 3 rings (SSSR count). The summed E-state index contributed by atoms with van der Waals surface area (Å²) in [6.07, 6.45) is 13.1. The fraction of sp³-hybridized carbons (Fsp3) is 0.720. The van der Waals surface area contributed by atoms with Gasteiger partial charge in [0, 0.05) is 45.9 Å². The fourth-order valence-electron chi connectivity index (χ4n) is 4.56. The number of hydrogen-bond acceptors (Lipinski definition) is 3. The lowest BCUT2D eigenvalue weighted by atomic mass is 10.0. The fourth-order valence-corrected chi connectivity index (χ4v) is 4.56. The maximum absolute atomic E-state index is 6.09. The van der Waals surface area contributed by atoms with E-state index >= 15 is 0 Å². The third kappa shape index (κ3) is 8.65. The van der Waals surface area contributed by atoms with E-state index in [4.69, 9.17) is 4.74 Å². The van der Waals surface area contributed by atoms with Crippen molar-refractivity contribution in [2.24, 2.45) is 4.99 Å². The second-order valence-electron chi connectivity index (χ2n) is 8.87. The molecular weight excluding hydrogens is 372 g/mol. The number of aliphatic imine (C=N–C) groups is 1. The molecule has 0 amide bonds. The Morgan fingerprint density at radius 1 is 1.00 bits per heavy atom. The summed E-state index contributed by atoms with van der Waals surface area (Å²) < 4.78 is 6.09. The van der Waals surface area contributed by atoms with Crippen LogP contribution < -0.4 is 10.6 Å². The van der Waals surface area contributed by atoms with E-state index in [9.17, 15) is 0 Å². The predicted octanol–water partition coefficient (Wildman–Crippen LogP) is 4.34. The van der Waals surface area contributed by atoms with Crippen molar-refractivity contribution >= 4 is 5.96 Å². The van der Waals surface area contributed by atoms with Crippen molar-refractivity contribution in [2.45, 2.75) is 82.9 Å². The van der Waals surface area contributed by atoms with E-state index in [1.165, 1.54) is 56.9 Å². The van der Waals surface area contributed by atoms with Gasteiger partial charge in [0.1, 0.15) is 0 Å². The molecule has 0 radical (unpaired) electrons. The van der Waals surface area contributed by atoms with Gasteiger partial charge in [-0.3, -0.25) is 9.89 Å². The zero-order valence-corrected chi connectivity index (χ0v) is 19.0. The van der Waals surface area contributed by atoms with Gasteiger partial charge in [-0.25, -0.2) is 0 Å². The Labute approximate surface area is 183 Å². The van der Waals surface area contributed by atoms with Crippen molar-refractivity contribution in [3.63, 3.8) is 0 Å². The standard InChI is InChI=1S/C25H42N4O/c1-26-25(27-17-9-10-20-30-24-13-7-2-3-8-14-24)28-23-15-18-29(19-16-23)21-22-11-5-4-6-12-22/h4-6,11-12,23-24H,2-3,7-10,13-21H2,1H3,(H2,26,27,28). The number of piperidine rings is 1. The van der Waals surface area contributed by atoms with Crippen molar-refractivity contribution in [3.05, 3.63) is 35.9 Å². The molecule has 2 aliphatic rings. The summed E-state index contributed by atoms with van der Waals surface area (Å²) in [5.74, 6) is 0.946. The summed E-state index contributed by atoms with van der Waals surface area (Å²) in [7, 11) is 1.87. The highest BCUT2D eigenvalue weighted by Gasteiger charge is 2.20. The molecular formula is C25H42N4O. The van der Waals surface area contributed by atoms with Crippen molar-refractivity contribution in [1.29, 1.82) is 0 Å². The molecule has 5 heteroatoms. The number of nitrogens with one attached hydrogen (secondary N) is 2. The lowest BCUT2D eigenvalue weighted by Crippen LogP contribution is -2.48. The molecule has 2 fully saturated rings. The first kappa shape index (κ1) is 23.1. The molecule has 1 aromatic carbocycles. The Hall–Kier alpha value is -1.59. The van der Waals surface area contributed by atoms with Gasteiger partial charge in [0.05, 0.1) is 6.10 Å². The zero-order valence-electron chi connectivity index (χ0n) is 19.0.